The van der Waals surface area contributed by atoms with E-state index in [2.05, 4.69) is 4.98 Å². The van der Waals surface area contributed by atoms with Crippen molar-refractivity contribution in [1.29, 1.82) is 0 Å². The summed E-state index contributed by atoms with van der Waals surface area (Å²) in [7, 11) is 0.342. The lowest BCUT2D eigenvalue weighted by molar-refractivity contribution is 0.693. The Morgan fingerprint density at radius 2 is 2.36 bits per heavy atom. The molecule has 0 radical (unpaired) electrons. The quantitative estimate of drug-likeness (QED) is 0.779. The van der Waals surface area contributed by atoms with Gasteiger partial charge in [-0.15, -0.1) is 11.3 Å². The molecule has 0 aliphatic rings. The highest BCUT2D eigenvalue weighted by Gasteiger charge is 2.08. The van der Waals surface area contributed by atoms with Gasteiger partial charge >= 0.3 is 0 Å². The second-order valence-corrected chi connectivity index (χ2v) is 7.43. The molecule has 0 aliphatic carbocycles. The van der Waals surface area contributed by atoms with E-state index in [-0.39, 0.29) is 0 Å². The number of hydrogen-bond acceptors (Lipinski definition) is 4. The zero-order chi connectivity index (χ0) is 10.1. The number of hydrogen-bond donors (Lipinski definition) is 0. The van der Waals surface area contributed by atoms with Gasteiger partial charge in [0, 0.05) is 6.20 Å². The van der Waals surface area contributed by atoms with E-state index < -0.39 is 9.83 Å². The predicted molar refractivity (Wildman–Crippen MR) is 64.6 cm³/mol. The molecule has 14 heavy (non-hydrogen) atoms. The first-order chi connectivity index (χ1) is 6.70. The Bertz CT molecular complexity index is 496. The van der Waals surface area contributed by atoms with Crippen LogP contribution in [-0.2, 0) is 9.83 Å². The SMILES string of the molecule is CSS(=O)c1cc2ncc(Cl)cc2s1. The molecule has 6 heteroatoms. The van der Waals surface area contributed by atoms with Gasteiger partial charge in [0.1, 0.15) is 14.0 Å². The van der Waals surface area contributed by atoms with Crippen LogP contribution in [0.2, 0.25) is 5.02 Å². The molecule has 0 N–H and O–H groups in total. The molecule has 0 aliphatic heterocycles. The molecule has 1 atom stereocenters. The van der Waals surface area contributed by atoms with Crippen molar-refractivity contribution in [2.45, 2.75) is 4.21 Å². The molecule has 74 valence electrons. The number of fused-ring (bicyclic) bond motifs is 1. The largest absolute Gasteiger partial charge is 0.254 e. The van der Waals surface area contributed by atoms with E-state index in [0.717, 1.165) is 14.4 Å². The van der Waals surface area contributed by atoms with Crippen molar-refractivity contribution >= 4 is 53.8 Å². The minimum absolute atomic E-state index is 0.612. The molecular formula is C8H6ClNOS3. The molecule has 0 aromatic carbocycles. The lowest BCUT2D eigenvalue weighted by atomic mass is 10.4. The lowest BCUT2D eigenvalue weighted by Crippen LogP contribution is -1.76. The monoisotopic (exact) mass is 263 g/mol. The van der Waals surface area contributed by atoms with E-state index in [9.17, 15) is 4.21 Å². The van der Waals surface area contributed by atoms with Crippen LogP contribution in [0.3, 0.4) is 0 Å². The van der Waals surface area contributed by atoms with Gasteiger partial charge in [0.05, 0.1) is 15.2 Å². The molecule has 2 heterocycles. The highest BCUT2D eigenvalue weighted by atomic mass is 35.5. The van der Waals surface area contributed by atoms with Crippen molar-refractivity contribution in [3.8, 4) is 0 Å². The third-order valence-electron chi connectivity index (χ3n) is 1.63. The van der Waals surface area contributed by atoms with Crippen LogP contribution in [0.25, 0.3) is 10.2 Å². The fraction of sp³-hybridized carbons (Fsp3) is 0.125. The molecule has 2 aromatic rings. The van der Waals surface area contributed by atoms with Crippen LogP contribution in [0, 0.1) is 0 Å². The number of halogens is 1. The molecular weight excluding hydrogens is 258 g/mol. The topological polar surface area (TPSA) is 30.0 Å². The molecule has 2 nitrogen and oxygen atoms in total. The third-order valence-corrected chi connectivity index (χ3v) is 5.92. The average Bonchev–Trinajstić information content (AvgIpc) is 2.59. The first kappa shape index (κ1) is 10.4. The number of thiophene rings is 1. The number of rotatable bonds is 2. The number of aromatic nitrogens is 1. The Hall–Kier alpha value is -0.100. The molecule has 0 saturated carbocycles. The number of pyridine rings is 1. The van der Waals surface area contributed by atoms with Crippen LogP contribution in [0.1, 0.15) is 0 Å². The fourth-order valence-electron chi connectivity index (χ4n) is 1.04. The smallest absolute Gasteiger partial charge is 0.123 e. The first-order valence-electron chi connectivity index (χ1n) is 3.72. The molecule has 0 spiro atoms. The summed E-state index contributed by atoms with van der Waals surface area (Å²) < 4.78 is 13.3. The summed E-state index contributed by atoms with van der Waals surface area (Å²) in [4.78, 5) is 4.15. The molecule has 0 fully saturated rings. The summed E-state index contributed by atoms with van der Waals surface area (Å²) in [5, 5.41) is 0.612. The summed E-state index contributed by atoms with van der Waals surface area (Å²) >= 11 is 7.28. The minimum Gasteiger partial charge on any atom is -0.254 e. The highest BCUT2D eigenvalue weighted by molar-refractivity contribution is 8.69. The maximum Gasteiger partial charge on any atom is 0.123 e. The Morgan fingerprint density at radius 1 is 1.57 bits per heavy atom. The van der Waals surface area contributed by atoms with Gasteiger partial charge in [-0.05, 0) is 18.4 Å². The zero-order valence-electron chi connectivity index (χ0n) is 7.19. The normalized spacial score (nSPS) is 13.3. The Labute approximate surface area is 96.5 Å². The van der Waals surface area contributed by atoms with Crippen molar-refractivity contribution in [1.82, 2.24) is 4.98 Å². The van der Waals surface area contributed by atoms with Gasteiger partial charge in [0.25, 0.3) is 0 Å². The molecule has 0 bridgehead atoms. The molecule has 0 saturated heterocycles. The maximum atomic E-state index is 11.5. The maximum absolute atomic E-state index is 11.5. The van der Waals surface area contributed by atoms with Crippen molar-refractivity contribution in [3.05, 3.63) is 23.4 Å². The van der Waals surface area contributed by atoms with Crippen molar-refractivity contribution in [2.75, 3.05) is 6.26 Å². The minimum atomic E-state index is -0.978. The summed E-state index contributed by atoms with van der Waals surface area (Å²) in [6.45, 7) is 0. The van der Waals surface area contributed by atoms with Gasteiger partial charge < -0.3 is 0 Å². The van der Waals surface area contributed by atoms with Crippen LogP contribution in [0.5, 0.6) is 0 Å². The van der Waals surface area contributed by atoms with Crippen LogP contribution >= 0.6 is 33.7 Å². The predicted octanol–water partition coefficient (Wildman–Crippen LogP) is 3.34. The van der Waals surface area contributed by atoms with Crippen LogP contribution in [-0.4, -0.2) is 15.4 Å². The molecule has 2 aromatic heterocycles. The van der Waals surface area contributed by atoms with E-state index in [0.29, 0.717) is 5.02 Å². The van der Waals surface area contributed by atoms with Gasteiger partial charge in [0.15, 0.2) is 0 Å². The van der Waals surface area contributed by atoms with E-state index in [4.69, 9.17) is 11.6 Å². The summed E-state index contributed by atoms with van der Waals surface area (Å²) in [6.07, 6.45) is 3.42. The van der Waals surface area contributed by atoms with Crippen molar-refractivity contribution in [3.63, 3.8) is 0 Å². The third kappa shape index (κ3) is 1.95. The van der Waals surface area contributed by atoms with Crippen LogP contribution in [0.15, 0.2) is 22.5 Å². The molecule has 1 unspecified atom stereocenters. The summed E-state index contributed by atoms with van der Waals surface area (Å²) in [5.74, 6) is 0. The molecule has 2 rings (SSSR count). The van der Waals surface area contributed by atoms with E-state index in [1.807, 2.05) is 18.4 Å². The fourth-order valence-corrected chi connectivity index (χ4v) is 4.52. The lowest BCUT2D eigenvalue weighted by Gasteiger charge is -1.88. The zero-order valence-corrected chi connectivity index (χ0v) is 10.4. The number of nitrogens with zero attached hydrogens (tertiary/aromatic N) is 1. The van der Waals surface area contributed by atoms with Gasteiger partial charge in [-0.1, -0.05) is 22.4 Å². The van der Waals surface area contributed by atoms with Gasteiger partial charge in [-0.3, -0.25) is 4.98 Å². The summed E-state index contributed by atoms with van der Waals surface area (Å²) in [6, 6.07) is 3.69. The summed E-state index contributed by atoms with van der Waals surface area (Å²) in [5.41, 5.74) is 0.858. The highest BCUT2D eigenvalue weighted by Crippen LogP contribution is 2.30. The Balaban J connectivity index is 2.56. The standard InChI is InChI=1S/C8H6ClNOS3/c1-12-14(11)8-3-6-7(13-8)2-5(9)4-10-6/h2-4H,1H3. The van der Waals surface area contributed by atoms with Crippen molar-refractivity contribution in [2.24, 2.45) is 0 Å². The molecule has 0 amide bonds. The van der Waals surface area contributed by atoms with Crippen LogP contribution < -0.4 is 0 Å². The Morgan fingerprint density at radius 3 is 3.07 bits per heavy atom. The van der Waals surface area contributed by atoms with E-state index >= 15 is 0 Å². The Kier molecular flexibility index (Phi) is 3.11. The van der Waals surface area contributed by atoms with E-state index in [1.165, 1.54) is 22.1 Å². The average molecular weight is 264 g/mol. The van der Waals surface area contributed by atoms with Gasteiger partial charge in [-0.2, -0.15) is 0 Å². The van der Waals surface area contributed by atoms with Crippen LogP contribution in [0.4, 0.5) is 0 Å². The van der Waals surface area contributed by atoms with Crippen molar-refractivity contribution < 1.29 is 4.21 Å². The second-order valence-electron chi connectivity index (χ2n) is 2.50. The van der Waals surface area contributed by atoms with Gasteiger partial charge in [0.2, 0.25) is 0 Å². The van der Waals surface area contributed by atoms with Gasteiger partial charge in [-0.25, -0.2) is 4.21 Å². The first-order valence-corrected chi connectivity index (χ1v) is 7.80. The second kappa shape index (κ2) is 4.18. The van der Waals surface area contributed by atoms with E-state index in [1.54, 1.807) is 6.20 Å².